The summed E-state index contributed by atoms with van der Waals surface area (Å²) >= 11 is 4.01. The number of aromatic hydroxyl groups is 1. The molecular weight excluding hydrogens is 1170 g/mol. The average molecular weight is 1250 g/mol. The lowest BCUT2D eigenvalue weighted by Gasteiger charge is -2.19. The molecule has 2 rings (SSSR count). The minimum Gasteiger partial charge on any atom is -0.513 e. The molecule has 31 nitrogen and oxygen atoms in total. The second kappa shape index (κ2) is 55.9. The maximum Gasteiger partial charge on any atom is 0.373 e. The molecule has 33 heteroatoms. The van der Waals surface area contributed by atoms with Crippen LogP contribution in [0.25, 0.3) is 0 Å². The molecule has 0 heterocycles. The van der Waals surface area contributed by atoms with Crippen LogP contribution in [0.15, 0.2) is 60.9 Å². The Morgan fingerprint density at radius 3 is 1.20 bits per heavy atom. The molecule has 6 amide bonds. The van der Waals surface area contributed by atoms with Crippen molar-refractivity contribution in [3.63, 3.8) is 0 Å². The van der Waals surface area contributed by atoms with Gasteiger partial charge in [-0.3, -0.25) is 28.5 Å². The Morgan fingerprint density at radius 2 is 0.894 bits per heavy atom. The van der Waals surface area contributed by atoms with Gasteiger partial charge in [-0.2, -0.15) is 41.4 Å². The zero-order valence-electron chi connectivity index (χ0n) is 46.7. The van der Waals surface area contributed by atoms with Gasteiger partial charge in [-0.25, -0.2) is 14.4 Å². The summed E-state index contributed by atoms with van der Waals surface area (Å²) in [5, 5.41) is 77.2. The van der Waals surface area contributed by atoms with Gasteiger partial charge in [0.25, 0.3) is 0 Å². The minimum absolute atomic E-state index is 0. The van der Waals surface area contributed by atoms with Crippen LogP contribution in [0.3, 0.4) is 0 Å². The van der Waals surface area contributed by atoms with Crippen LogP contribution in [0.1, 0.15) is 104 Å². The van der Waals surface area contributed by atoms with E-state index in [0.29, 0.717) is 51.0 Å². The SMILES string of the molecule is C.C=C(O)C(CCC(=O)O)CP(=O)(O)CCC(N)C(=O)O.C[C@H](CCC(=O)O)NC(=O)NCCCS.C[C@H](CCC(=O)O)NC(=O)NCCc1ccc(N)cc1.C[C@H](CCC(=O)O)NC(=O)NCCc1ccc(O)cc1.O=C=O.O=C=O.O=C=O. The summed E-state index contributed by atoms with van der Waals surface area (Å²) in [6.07, 6.45) is 3.26. The number of anilines is 1. The number of thiol groups is 1. The molecule has 0 saturated heterocycles. The molecule has 2 aromatic rings. The van der Waals surface area contributed by atoms with Crippen LogP contribution in [0.2, 0.25) is 0 Å². The first-order chi connectivity index (χ1) is 39.3. The molecule has 0 aromatic heterocycles. The van der Waals surface area contributed by atoms with E-state index in [1.54, 1.807) is 45.0 Å². The smallest absolute Gasteiger partial charge is 0.373 e. The number of rotatable bonds is 31. The lowest BCUT2D eigenvalue weighted by atomic mass is 10.0. The highest BCUT2D eigenvalue weighted by atomic mass is 32.1. The molecule has 0 aliphatic rings. The van der Waals surface area contributed by atoms with Crippen molar-refractivity contribution in [3.8, 4) is 5.75 Å². The number of carbonyl (C=O) groups is 8. The van der Waals surface area contributed by atoms with E-state index in [9.17, 15) is 52.9 Å². The second-order valence-corrected chi connectivity index (χ2v) is 20.5. The number of hydrogen-bond acceptors (Lipinski definition) is 20. The Bertz CT molecular complexity index is 2290. The highest BCUT2D eigenvalue weighted by Crippen LogP contribution is 2.45. The van der Waals surface area contributed by atoms with E-state index in [1.807, 2.05) is 24.3 Å². The summed E-state index contributed by atoms with van der Waals surface area (Å²) in [5.74, 6) is -5.16. The number of carboxylic acids is 5. The average Bonchev–Trinajstić information content (AvgIpc) is 3.47. The van der Waals surface area contributed by atoms with Crippen molar-refractivity contribution >= 4 is 92.1 Å². The summed E-state index contributed by atoms with van der Waals surface area (Å²) in [7, 11) is -3.71. The molecule has 0 spiro atoms. The second-order valence-electron chi connectivity index (χ2n) is 17.5. The van der Waals surface area contributed by atoms with Crippen molar-refractivity contribution in [1.29, 1.82) is 0 Å². The number of benzene rings is 2. The lowest BCUT2D eigenvalue weighted by molar-refractivity contribution is -0.193. The molecular formula is C52H83N8O23PS. The highest BCUT2D eigenvalue weighted by Gasteiger charge is 2.28. The molecule has 18 N–H and O–H groups in total. The maximum atomic E-state index is 11.9. The number of aliphatic hydroxyl groups is 1. The lowest BCUT2D eigenvalue weighted by Crippen LogP contribution is -2.41. The first-order valence-electron chi connectivity index (χ1n) is 25.2. The normalized spacial score (nSPS) is 11.8. The zero-order valence-corrected chi connectivity index (χ0v) is 48.5. The van der Waals surface area contributed by atoms with Crippen LogP contribution in [-0.4, -0.2) is 169 Å². The van der Waals surface area contributed by atoms with Crippen LogP contribution in [0.5, 0.6) is 5.75 Å². The van der Waals surface area contributed by atoms with E-state index >= 15 is 0 Å². The number of phenols is 1. The molecule has 0 saturated carbocycles. The van der Waals surface area contributed by atoms with E-state index < -0.39 is 49.2 Å². The number of allylic oxidation sites excluding steroid dienone is 1. The van der Waals surface area contributed by atoms with Crippen LogP contribution in [0, 0.1) is 5.92 Å². The Hall–Kier alpha value is -8.62. The van der Waals surface area contributed by atoms with Gasteiger partial charge in [-0.05, 0) is 113 Å². The Kier molecular flexibility index (Phi) is 57.6. The van der Waals surface area contributed by atoms with Gasteiger partial charge in [0.2, 0.25) is 7.37 Å². The molecule has 85 heavy (non-hydrogen) atoms. The molecule has 6 atom stereocenters. The van der Waals surface area contributed by atoms with Crippen molar-refractivity contribution in [2.75, 3.05) is 43.4 Å². The number of amides is 6. The molecule has 0 aliphatic carbocycles. The number of aliphatic carboxylic acids is 5. The quantitative estimate of drug-likeness (QED) is 0.0169. The third-order valence-corrected chi connectivity index (χ3v) is 12.5. The zero-order chi connectivity index (χ0) is 65.6. The fourth-order valence-corrected chi connectivity index (χ4v) is 7.99. The van der Waals surface area contributed by atoms with Crippen molar-refractivity contribution in [2.24, 2.45) is 11.7 Å². The maximum absolute atomic E-state index is 11.9. The predicted molar refractivity (Wildman–Crippen MR) is 307 cm³/mol. The monoisotopic (exact) mass is 1250 g/mol. The topological polar surface area (TPSA) is 542 Å². The van der Waals surface area contributed by atoms with Crippen molar-refractivity contribution in [1.82, 2.24) is 31.9 Å². The number of nitrogens with two attached hydrogens (primary N) is 2. The summed E-state index contributed by atoms with van der Waals surface area (Å²) in [4.78, 5) is 145. The van der Waals surface area contributed by atoms with Gasteiger partial charge >= 0.3 is 66.4 Å². The molecule has 0 fully saturated rings. The number of nitrogens with one attached hydrogen (secondary N) is 6. The van der Waals surface area contributed by atoms with Crippen LogP contribution in [0.4, 0.5) is 20.1 Å². The molecule has 0 radical (unpaired) electrons. The molecule has 2 aromatic carbocycles. The number of urea groups is 3. The first-order valence-corrected chi connectivity index (χ1v) is 27.8. The predicted octanol–water partition coefficient (Wildman–Crippen LogP) is 3.21. The van der Waals surface area contributed by atoms with E-state index in [-0.39, 0.29) is 124 Å². The highest BCUT2D eigenvalue weighted by molar-refractivity contribution is 7.80. The van der Waals surface area contributed by atoms with E-state index in [4.69, 9.17) is 70.9 Å². The van der Waals surface area contributed by atoms with E-state index in [2.05, 4.69) is 51.1 Å². The fourth-order valence-electron chi connectivity index (χ4n) is 5.89. The molecule has 0 bridgehead atoms. The van der Waals surface area contributed by atoms with Crippen LogP contribution in [-0.2, 0) is 70.1 Å². The third kappa shape index (κ3) is 64.4. The van der Waals surface area contributed by atoms with Gasteiger partial charge in [0.05, 0.1) is 5.76 Å². The Balaban J connectivity index is -0.000000233. The van der Waals surface area contributed by atoms with Gasteiger partial charge in [0.1, 0.15) is 11.8 Å². The minimum atomic E-state index is -3.71. The van der Waals surface area contributed by atoms with Crippen LogP contribution >= 0.6 is 20.0 Å². The van der Waals surface area contributed by atoms with E-state index in [1.165, 1.54) is 0 Å². The number of aliphatic hydroxyl groups excluding tert-OH is 1. The number of carbonyl (C=O) groups excluding carboxylic acids is 9. The molecule has 480 valence electrons. The Morgan fingerprint density at radius 1 is 0.576 bits per heavy atom. The van der Waals surface area contributed by atoms with Crippen molar-refractivity contribution in [3.05, 3.63) is 72.0 Å². The number of hydrogen-bond donors (Lipinski definition) is 17. The molecule has 0 aliphatic heterocycles. The van der Waals surface area contributed by atoms with E-state index in [0.717, 1.165) is 29.7 Å². The summed E-state index contributed by atoms with van der Waals surface area (Å²) in [5.41, 5.74) is 13.6. The third-order valence-electron chi connectivity index (χ3n) is 10.2. The first kappa shape index (κ1) is 87.6. The van der Waals surface area contributed by atoms with Gasteiger partial charge in [0.15, 0.2) is 0 Å². The van der Waals surface area contributed by atoms with Gasteiger partial charge in [-0.1, -0.05) is 38.3 Å². The van der Waals surface area contributed by atoms with Gasteiger partial charge < -0.3 is 84.0 Å². The van der Waals surface area contributed by atoms with Crippen molar-refractivity contribution < 1.29 is 112 Å². The standard InChI is InChI=1S/C14H21N3O3.C14H20N2O4.C11H20NO7P.C9H18N2O3S.3CO2.CH4/c1-10(2-7-13(18)19)17-14(20)16-9-8-11-3-5-12(15)6-4-11;1-10(2-7-13(18)19)16-14(20)15-9-8-11-3-5-12(17)6-4-11;1-7(13)8(2-3-10(14)15)6-20(18,19)5-4-9(12)11(16)17;1-7(3-4-8(12)13)11-9(14)10-5-2-6-15;3*2-1-3;/h3-6,10H,2,7-9,15H2,1H3,(H,18,19)(H2,16,17,20);3-6,10,17H,2,7-9H2,1H3,(H,18,19)(H2,15,16,20);8-9,13H,1-6,12H2,(H,14,15)(H,16,17)(H,18,19);7,15H,2-6H2,1H3,(H,12,13)(H2,10,11,14);;;;1H4/t2*10-;;7-;;;;/m11.1..../s1. The molecule has 3 unspecified atom stereocenters. The van der Waals surface area contributed by atoms with Crippen LogP contribution < -0.4 is 43.4 Å². The number of carboxylic acid groups (broad SMARTS) is 5. The summed E-state index contributed by atoms with van der Waals surface area (Å²) in [6.45, 7) is 10.2. The number of nitrogen functional groups attached to an aromatic ring is 1. The fraction of sp³-hybridized carbons (Fsp3) is 0.519. The van der Waals surface area contributed by atoms with Gasteiger partial charge in [0, 0.05) is 87.4 Å². The summed E-state index contributed by atoms with van der Waals surface area (Å²) in [6, 6.07) is 11.7. The van der Waals surface area contributed by atoms with Crippen molar-refractivity contribution in [2.45, 2.75) is 129 Å². The Labute approximate surface area is 497 Å². The number of phenolic OH excluding ortho intramolecular Hbond substituents is 1. The summed E-state index contributed by atoms with van der Waals surface area (Å²) < 4.78 is 11.9. The largest absolute Gasteiger partial charge is 0.513 e. The van der Waals surface area contributed by atoms with Gasteiger partial charge in [-0.15, -0.1) is 0 Å².